The zero-order chi connectivity index (χ0) is 26.2. The first-order chi connectivity index (χ1) is 15.6. The number of ether oxygens (including phenoxy) is 1. The summed E-state index contributed by atoms with van der Waals surface area (Å²) in [6, 6.07) is 6.25. The van der Waals surface area contributed by atoms with Crippen LogP contribution in [0.25, 0.3) is 0 Å². The van der Waals surface area contributed by atoms with Gasteiger partial charge in [0, 0.05) is 10.5 Å². The normalized spacial score (nSPS) is 15.9. The zero-order valence-electron chi connectivity index (χ0n) is 21.5. The van der Waals surface area contributed by atoms with Crippen LogP contribution in [0.2, 0.25) is 0 Å². The number of hydrogen-bond acceptors (Lipinski definition) is 6. The van der Waals surface area contributed by atoms with Crippen molar-refractivity contribution < 1.29 is 37.1 Å². The van der Waals surface area contributed by atoms with Gasteiger partial charge in [-0.3, -0.25) is 9.59 Å². The molecule has 0 aromatic heterocycles. The Labute approximate surface area is 190 Å². The molecule has 0 saturated carbocycles. The van der Waals surface area contributed by atoms with Crippen molar-refractivity contribution in [3.05, 3.63) is 35.4 Å². The summed E-state index contributed by atoms with van der Waals surface area (Å²) in [7, 11) is -3.49. The van der Waals surface area contributed by atoms with Crippen LogP contribution in [0.15, 0.2) is 24.3 Å². The van der Waals surface area contributed by atoms with E-state index in [0.717, 1.165) is 0 Å². The second-order valence-electron chi connectivity index (χ2n) is 8.55. The highest BCUT2D eigenvalue weighted by Crippen LogP contribution is 2.34. The molecule has 1 atom stereocenters. The third-order valence-electron chi connectivity index (χ3n) is 5.13. The number of aryl methyl sites for hydroxylation is 1. The number of carbonyl (C=O) groups excluding carboxylic acids is 1. The third kappa shape index (κ3) is 8.99. The molecule has 0 saturated heterocycles. The summed E-state index contributed by atoms with van der Waals surface area (Å²) in [4.78, 5) is 24.1. The Morgan fingerprint density at radius 2 is 1.94 bits per heavy atom. The zero-order valence-corrected chi connectivity index (χ0v) is 19.3. The monoisotopic (exact) mass is 459 g/mol. The Kier molecular flexibility index (Phi) is 8.35. The van der Waals surface area contributed by atoms with Crippen molar-refractivity contribution in [1.29, 1.82) is 0 Å². The number of aliphatic hydroxyl groups is 1. The lowest BCUT2D eigenvalue weighted by Gasteiger charge is -2.29. The molecular formula is C23H36O7S. The first-order valence-corrected chi connectivity index (χ1v) is 12.2. The number of carboxylic acids is 1. The summed E-state index contributed by atoms with van der Waals surface area (Å²) in [5.41, 5.74) is -2.18. The number of aliphatic carboxylic acids is 1. The molecule has 0 spiro atoms. The number of hydrogen-bond donors (Lipinski definition) is 2. The highest BCUT2D eigenvalue weighted by molar-refractivity contribution is 7.91. The first-order valence-electron chi connectivity index (χ1n) is 11.9. The van der Waals surface area contributed by atoms with E-state index in [2.05, 4.69) is 0 Å². The first kappa shape index (κ1) is 22.3. The van der Waals surface area contributed by atoms with Gasteiger partial charge in [0.1, 0.15) is 0 Å². The maximum atomic E-state index is 12.4. The molecule has 176 valence electrons. The average molecular weight is 460 g/mol. The van der Waals surface area contributed by atoms with Crippen LogP contribution in [0.1, 0.15) is 68.5 Å². The number of carbonyl (C=O) groups is 2. The minimum atomic E-state index is -3.49. The van der Waals surface area contributed by atoms with Crippen LogP contribution in [-0.4, -0.2) is 55.3 Å². The van der Waals surface area contributed by atoms with Crippen molar-refractivity contribution in [2.45, 2.75) is 65.1 Å². The van der Waals surface area contributed by atoms with Gasteiger partial charge in [0.15, 0.2) is 9.84 Å². The van der Waals surface area contributed by atoms with E-state index in [1.54, 1.807) is 32.9 Å². The molecule has 1 unspecified atom stereocenters. The number of benzene rings is 1. The maximum absolute atomic E-state index is 12.4. The largest absolute Gasteiger partial charge is 0.481 e. The molecular weight excluding hydrogens is 420 g/mol. The minimum absolute atomic E-state index is 0.0850. The molecule has 2 N–H and O–H groups in total. The fourth-order valence-corrected chi connectivity index (χ4v) is 5.31. The molecule has 0 amide bonds. The topological polar surface area (TPSA) is 118 Å². The standard InChI is InChI=1S/C23H36O7S/c1-5-30-20(25)11-10-18-8-6-9-19(16-18)23(4,21(26)27)13-7-12-22(2,3)17-31(28,29)15-14-24/h6,8-9,16,24H,5,7,10-15,17H2,1-4H3,(H,26,27)/i4D3. The summed E-state index contributed by atoms with van der Waals surface area (Å²) in [6.07, 6.45) is 0.592. The molecule has 1 rings (SSSR count). The van der Waals surface area contributed by atoms with Crippen LogP contribution in [-0.2, 0) is 36.0 Å². The molecule has 7 nitrogen and oxygen atoms in total. The van der Waals surface area contributed by atoms with Gasteiger partial charge in [-0.05, 0) is 49.6 Å². The van der Waals surface area contributed by atoms with Crippen molar-refractivity contribution >= 4 is 21.8 Å². The van der Waals surface area contributed by atoms with Crippen LogP contribution < -0.4 is 0 Å². The van der Waals surface area contributed by atoms with Gasteiger partial charge in [0.2, 0.25) is 0 Å². The van der Waals surface area contributed by atoms with Crippen LogP contribution in [0, 0.1) is 5.41 Å². The third-order valence-corrected chi connectivity index (χ3v) is 7.15. The van der Waals surface area contributed by atoms with Crippen molar-refractivity contribution in [2.24, 2.45) is 5.41 Å². The second kappa shape index (κ2) is 11.6. The SMILES string of the molecule is [2H]C([2H])([2H])C(CCCC(C)(C)CS(=O)(=O)CCO)(C(=O)O)c1cccc(CCC(=O)OCC)c1. The molecule has 0 radical (unpaired) electrons. The Morgan fingerprint density at radius 1 is 1.23 bits per heavy atom. The predicted molar refractivity (Wildman–Crippen MR) is 120 cm³/mol. The number of esters is 1. The van der Waals surface area contributed by atoms with Crippen molar-refractivity contribution in [3.8, 4) is 0 Å². The summed E-state index contributed by atoms with van der Waals surface area (Å²) in [6.45, 7) is 2.03. The summed E-state index contributed by atoms with van der Waals surface area (Å²) < 4.78 is 53.4. The smallest absolute Gasteiger partial charge is 0.313 e. The number of rotatable bonds is 14. The number of carboxylic acid groups (broad SMARTS) is 1. The van der Waals surface area contributed by atoms with Gasteiger partial charge in [-0.15, -0.1) is 0 Å². The van der Waals surface area contributed by atoms with E-state index in [1.165, 1.54) is 12.1 Å². The van der Waals surface area contributed by atoms with E-state index >= 15 is 0 Å². The van der Waals surface area contributed by atoms with Gasteiger partial charge in [-0.25, -0.2) is 8.42 Å². The Balaban J connectivity index is 3.18. The fourth-order valence-electron chi connectivity index (χ4n) is 3.56. The van der Waals surface area contributed by atoms with Gasteiger partial charge >= 0.3 is 11.9 Å². The molecule has 0 aliphatic rings. The van der Waals surface area contributed by atoms with E-state index < -0.39 is 46.1 Å². The van der Waals surface area contributed by atoms with Crippen molar-refractivity contribution in [2.75, 3.05) is 24.7 Å². The van der Waals surface area contributed by atoms with E-state index in [1.807, 2.05) is 0 Å². The molecule has 0 bridgehead atoms. The van der Waals surface area contributed by atoms with E-state index in [4.69, 9.17) is 14.0 Å². The summed E-state index contributed by atoms with van der Waals surface area (Å²) in [5.74, 6) is -2.44. The van der Waals surface area contributed by atoms with Crippen LogP contribution in [0.4, 0.5) is 0 Å². The highest BCUT2D eigenvalue weighted by Gasteiger charge is 2.36. The van der Waals surface area contributed by atoms with E-state index in [0.29, 0.717) is 5.56 Å². The number of aliphatic hydroxyl groups excluding tert-OH is 1. The molecule has 31 heavy (non-hydrogen) atoms. The van der Waals surface area contributed by atoms with Gasteiger partial charge in [-0.1, -0.05) is 44.5 Å². The Morgan fingerprint density at radius 3 is 2.52 bits per heavy atom. The number of sulfone groups is 1. The lowest BCUT2D eigenvalue weighted by atomic mass is 9.76. The van der Waals surface area contributed by atoms with E-state index in [-0.39, 0.29) is 55.8 Å². The molecule has 1 aromatic carbocycles. The minimum Gasteiger partial charge on any atom is -0.481 e. The molecule has 0 fully saturated rings. The molecule has 0 aliphatic carbocycles. The summed E-state index contributed by atoms with van der Waals surface area (Å²) >= 11 is 0. The van der Waals surface area contributed by atoms with Gasteiger partial charge < -0.3 is 14.9 Å². The lowest BCUT2D eigenvalue weighted by molar-refractivity contribution is -0.144. The summed E-state index contributed by atoms with van der Waals surface area (Å²) in [5, 5.41) is 19.1. The Bertz CT molecular complexity index is 942. The quantitative estimate of drug-likeness (QED) is 0.410. The molecule has 0 heterocycles. The van der Waals surface area contributed by atoms with Crippen molar-refractivity contribution in [1.82, 2.24) is 0 Å². The molecule has 0 aliphatic heterocycles. The Hall–Kier alpha value is -1.93. The van der Waals surface area contributed by atoms with Crippen LogP contribution in [0.5, 0.6) is 0 Å². The fraction of sp³-hybridized carbons (Fsp3) is 0.652. The van der Waals surface area contributed by atoms with E-state index in [9.17, 15) is 23.1 Å². The average Bonchev–Trinajstić information content (AvgIpc) is 2.68. The predicted octanol–water partition coefficient (Wildman–Crippen LogP) is 3.13. The molecule has 8 heteroatoms. The van der Waals surface area contributed by atoms with Crippen LogP contribution in [0.3, 0.4) is 0 Å². The second-order valence-corrected chi connectivity index (χ2v) is 10.7. The maximum Gasteiger partial charge on any atom is 0.313 e. The van der Waals surface area contributed by atoms with Gasteiger partial charge in [-0.2, -0.15) is 0 Å². The highest BCUT2D eigenvalue weighted by atomic mass is 32.2. The van der Waals surface area contributed by atoms with Gasteiger partial charge in [0.05, 0.1) is 30.1 Å². The van der Waals surface area contributed by atoms with Crippen molar-refractivity contribution in [3.63, 3.8) is 0 Å². The van der Waals surface area contributed by atoms with Gasteiger partial charge in [0.25, 0.3) is 0 Å². The van der Waals surface area contributed by atoms with Crippen LogP contribution >= 0.6 is 0 Å². The molecule has 1 aromatic rings. The lowest BCUT2D eigenvalue weighted by Crippen LogP contribution is -2.33.